The number of carbonyl (C=O) groups excluding carboxylic acids is 1. The summed E-state index contributed by atoms with van der Waals surface area (Å²) in [6.07, 6.45) is 1.54. The zero-order chi connectivity index (χ0) is 15.0. The van der Waals surface area contributed by atoms with Crippen LogP contribution >= 0.6 is 0 Å². The summed E-state index contributed by atoms with van der Waals surface area (Å²) in [7, 11) is 0. The van der Waals surface area contributed by atoms with E-state index in [0.29, 0.717) is 6.54 Å². The number of nitrogens with one attached hydrogen (secondary N) is 1. The second-order valence-electron chi connectivity index (χ2n) is 4.26. The molecule has 1 aromatic rings. The quantitative estimate of drug-likeness (QED) is 0.697. The van der Waals surface area contributed by atoms with Crippen LogP contribution in [0.4, 0.5) is 4.39 Å². The van der Waals surface area contributed by atoms with Crippen molar-refractivity contribution in [3.63, 3.8) is 0 Å². The Bertz CT molecular complexity index is 474. The Morgan fingerprint density at radius 3 is 2.50 bits per heavy atom. The first kappa shape index (κ1) is 15.8. The number of hydrogen-bond acceptors (Lipinski definition) is 3. The summed E-state index contributed by atoms with van der Waals surface area (Å²) >= 11 is 0. The third kappa shape index (κ3) is 6.10. The number of carboxylic acids is 1. The van der Waals surface area contributed by atoms with Crippen LogP contribution in [-0.4, -0.2) is 41.5 Å². The number of halogens is 1. The second kappa shape index (κ2) is 8.06. The van der Waals surface area contributed by atoms with E-state index < -0.39 is 5.97 Å². The average molecular weight is 280 g/mol. The maximum Gasteiger partial charge on any atom is 0.317 e. The number of amides is 1. The van der Waals surface area contributed by atoms with Gasteiger partial charge in [-0.1, -0.05) is 18.2 Å². The number of rotatable bonds is 8. The molecule has 0 aliphatic rings. The lowest BCUT2D eigenvalue weighted by Crippen LogP contribution is -2.39. The van der Waals surface area contributed by atoms with Crippen LogP contribution in [0.15, 0.2) is 36.9 Å². The molecule has 0 aliphatic heterocycles. The molecule has 0 atom stereocenters. The third-order valence-electron chi connectivity index (χ3n) is 2.52. The Kier molecular flexibility index (Phi) is 6.39. The second-order valence-corrected chi connectivity index (χ2v) is 4.26. The molecule has 108 valence electrons. The van der Waals surface area contributed by atoms with Crippen molar-refractivity contribution >= 4 is 11.9 Å². The highest BCUT2D eigenvalue weighted by molar-refractivity contribution is 5.79. The van der Waals surface area contributed by atoms with E-state index in [1.54, 1.807) is 12.1 Å². The molecule has 0 saturated carbocycles. The van der Waals surface area contributed by atoms with Gasteiger partial charge in [-0.3, -0.25) is 14.5 Å². The molecular formula is C14H17FN2O3. The normalized spacial score (nSPS) is 10.3. The van der Waals surface area contributed by atoms with E-state index in [1.165, 1.54) is 23.1 Å². The molecule has 6 heteroatoms. The fraction of sp³-hybridized carbons (Fsp3) is 0.286. The van der Waals surface area contributed by atoms with Crippen molar-refractivity contribution in [1.29, 1.82) is 0 Å². The van der Waals surface area contributed by atoms with Gasteiger partial charge in [0.05, 0.1) is 13.1 Å². The molecule has 20 heavy (non-hydrogen) atoms. The minimum Gasteiger partial charge on any atom is -0.480 e. The summed E-state index contributed by atoms with van der Waals surface area (Å²) in [6, 6.07) is 5.79. The van der Waals surface area contributed by atoms with Crippen LogP contribution in [0.1, 0.15) is 5.56 Å². The Labute approximate surface area is 116 Å². The third-order valence-corrected chi connectivity index (χ3v) is 2.52. The molecule has 1 rings (SSSR count). The predicted octanol–water partition coefficient (Wildman–Crippen LogP) is 1.01. The van der Waals surface area contributed by atoms with E-state index in [2.05, 4.69) is 11.9 Å². The number of nitrogens with zero attached hydrogens (tertiary/aromatic N) is 1. The zero-order valence-electron chi connectivity index (χ0n) is 11.0. The minimum absolute atomic E-state index is 0.0283. The number of benzene rings is 1. The van der Waals surface area contributed by atoms with E-state index in [4.69, 9.17) is 5.11 Å². The molecule has 0 bridgehead atoms. The zero-order valence-corrected chi connectivity index (χ0v) is 11.0. The molecule has 0 radical (unpaired) electrons. The highest BCUT2D eigenvalue weighted by atomic mass is 19.1. The topological polar surface area (TPSA) is 69.6 Å². The van der Waals surface area contributed by atoms with Crippen LogP contribution in [0.5, 0.6) is 0 Å². The molecule has 0 heterocycles. The van der Waals surface area contributed by atoms with Gasteiger partial charge in [0.25, 0.3) is 0 Å². The Hall–Kier alpha value is -2.21. The number of hydrogen-bond donors (Lipinski definition) is 2. The molecule has 0 saturated heterocycles. The van der Waals surface area contributed by atoms with Crippen molar-refractivity contribution in [3.05, 3.63) is 48.3 Å². The Morgan fingerprint density at radius 2 is 1.95 bits per heavy atom. The van der Waals surface area contributed by atoms with Crippen molar-refractivity contribution < 1.29 is 19.1 Å². The highest BCUT2D eigenvalue weighted by Gasteiger charge is 2.12. The van der Waals surface area contributed by atoms with Crippen LogP contribution in [0.3, 0.4) is 0 Å². The first-order valence-corrected chi connectivity index (χ1v) is 6.07. The van der Waals surface area contributed by atoms with Gasteiger partial charge < -0.3 is 10.4 Å². The van der Waals surface area contributed by atoms with Gasteiger partial charge in [0.15, 0.2) is 0 Å². The van der Waals surface area contributed by atoms with Gasteiger partial charge in [0.2, 0.25) is 5.91 Å². The van der Waals surface area contributed by atoms with E-state index >= 15 is 0 Å². The van der Waals surface area contributed by atoms with E-state index in [-0.39, 0.29) is 31.4 Å². The summed E-state index contributed by atoms with van der Waals surface area (Å²) in [6.45, 7) is 3.85. The molecule has 0 unspecified atom stereocenters. The fourth-order valence-corrected chi connectivity index (χ4v) is 1.62. The Balaban J connectivity index is 2.42. The summed E-state index contributed by atoms with van der Waals surface area (Å²) < 4.78 is 12.7. The molecule has 1 amide bonds. The maximum absolute atomic E-state index is 12.7. The first-order valence-electron chi connectivity index (χ1n) is 6.07. The molecule has 0 aromatic heterocycles. The lowest BCUT2D eigenvalue weighted by molar-refractivity contribution is -0.138. The molecule has 5 nitrogen and oxygen atoms in total. The maximum atomic E-state index is 12.7. The minimum atomic E-state index is -1.00. The molecule has 1 aromatic carbocycles. The van der Waals surface area contributed by atoms with Gasteiger partial charge >= 0.3 is 5.97 Å². The van der Waals surface area contributed by atoms with Crippen molar-refractivity contribution in [2.75, 3.05) is 19.6 Å². The van der Waals surface area contributed by atoms with Crippen molar-refractivity contribution in [2.24, 2.45) is 0 Å². The van der Waals surface area contributed by atoms with E-state index in [9.17, 15) is 14.0 Å². The molecule has 2 N–H and O–H groups in total. The number of carboxylic acid groups (broad SMARTS) is 1. The summed E-state index contributed by atoms with van der Waals surface area (Å²) in [4.78, 5) is 23.8. The van der Waals surface area contributed by atoms with Gasteiger partial charge in [-0.2, -0.15) is 0 Å². The fourth-order valence-electron chi connectivity index (χ4n) is 1.62. The first-order chi connectivity index (χ1) is 9.51. The SMILES string of the molecule is C=CCN(CC(=O)O)CC(=O)NCc1ccc(F)cc1. The molecular weight excluding hydrogens is 263 g/mol. The lowest BCUT2D eigenvalue weighted by atomic mass is 10.2. The van der Waals surface area contributed by atoms with Gasteiger partial charge in [0.1, 0.15) is 5.82 Å². The predicted molar refractivity (Wildman–Crippen MR) is 72.5 cm³/mol. The monoisotopic (exact) mass is 280 g/mol. The van der Waals surface area contributed by atoms with Gasteiger partial charge in [-0.25, -0.2) is 4.39 Å². The number of aliphatic carboxylic acids is 1. The van der Waals surface area contributed by atoms with E-state index in [1.807, 2.05) is 0 Å². The van der Waals surface area contributed by atoms with E-state index in [0.717, 1.165) is 5.56 Å². The lowest BCUT2D eigenvalue weighted by Gasteiger charge is -2.17. The van der Waals surface area contributed by atoms with Crippen LogP contribution in [0.25, 0.3) is 0 Å². The summed E-state index contributed by atoms with van der Waals surface area (Å²) in [5.74, 6) is -1.63. The summed E-state index contributed by atoms with van der Waals surface area (Å²) in [5, 5.41) is 11.4. The van der Waals surface area contributed by atoms with Crippen LogP contribution in [-0.2, 0) is 16.1 Å². The van der Waals surface area contributed by atoms with Crippen molar-refractivity contribution in [3.8, 4) is 0 Å². The van der Waals surface area contributed by atoms with Gasteiger partial charge in [0, 0.05) is 13.1 Å². The molecule has 0 aliphatic carbocycles. The smallest absolute Gasteiger partial charge is 0.317 e. The highest BCUT2D eigenvalue weighted by Crippen LogP contribution is 2.02. The largest absolute Gasteiger partial charge is 0.480 e. The Morgan fingerprint density at radius 1 is 1.30 bits per heavy atom. The summed E-state index contributed by atoms with van der Waals surface area (Å²) in [5.41, 5.74) is 0.772. The van der Waals surface area contributed by atoms with Crippen LogP contribution < -0.4 is 5.32 Å². The van der Waals surface area contributed by atoms with Crippen LogP contribution in [0, 0.1) is 5.82 Å². The standard InChI is InChI=1S/C14H17FN2O3/c1-2-7-17(10-14(19)20)9-13(18)16-8-11-3-5-12(15)6-4-11/h2-6H,1,7-10H2,(H,16,18)(H,19,20). The molecule has 0 spiro atoms. The van der Waals surface area contributed by atoms with Crippen molar-refractivity contribution in [1.82, 2.24) is 10.2 Å². The average Bonchev–Trinajstić information content (AvgIpc) is 2.37. The van der Waals surface area contributed by atoms with Crippen LogP contribution in [0.2, 0.25) is 0 Å². The van der Waals surface area contributed by atoms with Crippen molar-refractivity contribution in [2.45, 2.75) is 6.54 Å². The number of carbonyl (C=O) groups is 2. The van der Waals surface area contributed by atoms with Gasteiger partial charge in [-0.05, 0) is 17.7 Å². The molecule has 0 fully saturated rings. The van der Waals surface area contributed by atoms with Gasteiger partial charge in [-0.15, -0.1) is 6.58 Å².